The minimum Gasteiger partial charge on any atom is -0.494 e. The molecule has 0 saturated heterocycles. The maximum atomic E-state index is 11.7. The lowest BCUT2D eigenvalue weighted by molar-refractivity contribution is -0.124. The second kappa shape index (κ2) is 8.53. The Morgan fingerprint density at radius 2 is 2.00 bits per heavy atom. The van der Waals surface area contributed by atoms with Crippen LogP contribution in [-0.2, 0) is 4.79 Å². The van der Waals surface area contributed by atoms with Crippen molar-refractivity contribution in [2.45, 2.75) is 13.3 Å². The molecular formula is C14H22N2O2. The number of carbonyl (C=O) groups is 1. The zero-order chi connectivity index (χ0) is 13.2. The van der Waals surface area contributed by atoms with Gasteiger partial charge in [-0.25, -0.2) is 0 Å². The summed E-state index contributed by atoms with van der Waals surface area (Å²) in [7, 11) is 1.86. The summed E-state index contributed by atoms with van der Waals surface area (Å²) in [5, 5.41) is 5.86. The van der Waals surface area contributed by atoms with Crippen molar-refractivity contribution in [1.29, 1.82) is 0 Å². The van der Waals surface area contributed by atoms with E-state index in [4.69, 9.17) is 4.74 Å². The van der Waals surface area contributed by atoms with Gasteiger partial charge in [-0.15, -0.1) is 0 Å². The summed E-state index contributed by atoms with van der Waals surface area (Å²) in [6.45, 7) is 3.94. The van der Waals surface area contributed by atoms with Crippen LogP contribution in [-0.4, -0.2) is 32.7 Å². The Labute approximate surface area is 109 Å². The molecule has 4 nitrogen and oxygen atoms in total. The van der Waals surface area contributed by atoms with Gasteiger partial charge in [0.25, 0.3) is 0 Å². The molecule has 0 aliphatic heterocycles. The molecule has 1 rings (SSSR count). The van der Waals surface area contributed by atoms with Gasteiger partial charge in [-0.1, -0.05) is 25.1 Å². The molecule has 1 atom stereocenters. The Kier molecular flexibility index (Phi) is 6.87. The second-order valence-electron chi connectivity index (χ2n) is 4.25. The second-order valence-corrected chi connectivity index (χ2v) is 4.25. The maximum Gasteiger partial charge on any atom is 0.223 e. The standard InChI is InChI=1S/C14H22N2O2/c1-12(14(17)16-10-9-15-2)8-11-18-13-6-4-3-5-7-13/h3-7,12,15H,8-11H2,1-2H3,(H,16,17). The molecule has 0 aliphatic carbocycles. The summed E-state index contributed by atoms with van der Waals surface area (Å²) in [6, 6.07) is 9.65. The number of para-hydroxylation sites is 1. The molecule has 1 aromatic carbocycles. The lowest BCUT2D eigenvalue weighted by Gasteiger charge is -2.12. The van der Waals surface area contributed by atoms with Crippen LogP contribution in [0.2, 0.25) is 0 Å². The fourth-order valence-corrected chi connectivity index (χ4v) is 1.49. The summed E-state index contributed by atoms with van der Waals surface area (Å²) >= 11 is 0. The van der Waals surface area contributed by atoms with Gasteiger partial charge in [0.2, 0.25) is 5.91 Å². The average molecular weight is 250 g/mol. The van der Waals surface area contributed by atoms with Crippen LogP contribution in [0.3, 0.4) is 0 Å². The molecule has 2 N–H and O–H groups in total. The molecule has 0 aliphatic rings. The van der Waals surface area contributed by atoms with Crippen LogP contribution in [0.15, 0.2) is 30.3 Å². The lowest BCUT2D eigenvalue weighted by Crippen LogP contribution is -2.34. The minimum absolute atomic E-state index is 0.0226. The van der Waals surface area contributed by atoms with Gasteiger partial charge in [-0.3, -0.25) is 4.79 Å². The molecule has 0 radical (unpaired) electrons. The van der Waals surface area contributed by atoms with Gasteiger partial charge in [-0.05, 0) is 25.6 Å². The number of rotatable bonds is 8. The highest BCUT2D eigenvalue weighted by Crippen LogP contribution is 2.10. The molecule has 0 spiro atoms. The summed E-state index contributed by atoms with van der Waals surface area (Å²) in [6.07, 6.45) is 0.723. The molecule has 0 saturated carbocycles. The summed E-state index contributed by atoms with van der Waals surface area (Å²) in [4.78, 5) is 11.7. The number of hydrogen-bond acceptors (Lipinski definition) is 3. The first-order valence-electron chi connectivity index (χ1n) is 6.34. The Morgan fingerprint density at radius 3 is 2.67 bits per heavy atom. The Balaban J connectivity index is 2.16. The lowest BCUT2D eigenvalue weighted by atomic mass is 10.1. The van der Waals surface area contributed by atoms with Crippen molar-refractivity contribution in [1.82, 2.24) is 10.6 Å². The number of likely N-dealkylation sites (N-methyl/N-ethyl adjacent to an activating group) is 1. The van der Waals surface area contributed by atoms with Gasteiger partial charge in [0.05, 0.1) is 6.61 Å². The number of amides is 1. The fourth-order valence-electron chi connectivity index (χ4n) is 1.49. The van der Waals surface area contributed by atoms with E-state index < -0.39 is 0 Å². The van der Waals surface area contributed by atoms with Crippen molar-refractivity contribution in [3.05, 3.63) is 30.3 Å². The van der Waals surface area contributed by atoms with Crippen molar-refractivity contribution in [3.63, 3.8) is 0 Å². The summed E-state index contributed by atoms with van der Waals surface area (Å²) < 4.78 is 5.56. The third kappa shape index (κ3) is 5.68. The molecule has 0 fully saturated rings. The highest BCUT2D eigenvalue weighted by molar-refractivity contribution is 5.78. The average Bonchev–Trinajstić information content (AvgIpc) is 2.40. The van der Waals surface area contributed by atoms with E-state index in [1.165, 1.54) is 0 Å². The van der Waals surface area contributed by atoms with E-state index in [-0.39, 0.29) is 11.8 Å². The monoisotopic (exact) mass is 250 g/mol. The van der Waals surface area contributed by atoms with Crippen LogP contribution in [0.5, 0.6) is 5.75 Å². The van der Waals surface area contributed by atoms with Crippen LogP contribution in [0.1, 0.15) is 13.3 Å². The number of carbonyl (C=O) groups excluding carboxylic acids is 1. The first-order chi connectivity index (χ1) is 8.74. The normalized spacial score (nSPS) is 11.9. The van der Waals surface area contributed by atoms with E-state index in [1.54, 1.807) is 0 Å². The third-order valence-corrected chi connectivity index (χ3v) is 2.68. The summed E-state index contributed by atoms with van der Waals surface area (Å²) in [5.74, 6) is 0.910. The van der Waals surface area contributed by atoms with Gasteiger partial charge in [0.15, 0.2) is 0 Å². The highest BCUT2D eigenvalue weighted by Gasteiger charge is 2.11. The van der Waals surface area contributed by atoms with E-state index in [1.807, 2.05) is 44.3 Å². The number of hydrogen-bond donors (Lipinski definition) is 2. The van der Waals surface area contributed by atoms with Gasteiger partial charge in [-0.2, -0.15) is 0 Å². The quantitative estimate of drug-likeness (QED) is 0.686. The highest BCUT2D eigenvalue weighted by atomic mass is 16.5. The van der Waals surface area contributed by atoms with Crippen LogP contribution in [0, 0.1) is 5.92 Å². The first kappa shape index (κ1) is 14.5. The van der Waals surface area contributed by atoms with Gasteiger partial charge >= 0.3 is 0 Å². The van der Waals surface area contributed by atoms with Crippen molar-refractivity contribution < 1.29 is 9.53 Å². The van der Waals surface area contributed by atoms with Crippen molar-refractivity contribution >= 4 is 5.91 Å². The number of ether oxygens (including phenoxy) is 1. The van der Waals surface area contributed by atoms with Crippen LogP contribution >= 0.6 is 0 Å². The smallest absolute Gasteiger partial charge is 0.223 e. The van der Waals surface area contributed by atoms with Gasteiger partial charge < -0.3 is 15.4 Å². The SMILES string of the molecule is CNCCNC(=O)C(C)CCOc1ccccc1. The maximum absolute atomic E-state index is 11.7. The molecule has 0 bridgehead atoms. The predicted octanol–water partition coefficient (Wildman–Crippen LogP) is 1.43. The zero-order valence-electron chi connectivity index (χ0n) is 11.1. The van der Waals surface area contributed by atoms with Crippen molar-refractivity contribution in [3.8, 4) is 5.75 Å². The fraction of sp³-hybridized carbons (Fsp3) is 0.500. The van der Waals surface area contributed by atoms with Crippen LogP contribution in [0.4, 0.5) is 0 Å². The van der Waals surface area contributed by atoms with E-state index in [9.17, 15) is 4.79 Å². The van der Waals surface area contributed by atoms with Gasteiger partial charge in [0, 0.05) is 19.0 Å². The van der Waals surface area contributed by atoms with E-state index >= 15 is 0 Å². The van der Waals surface area contributed by atoms with Crippen molar-refractivity contribution in [2.75, 3.05) is 26.7 Å². The molecule has 18 heavy (non-hydrogen) atoms. The molecule has 1 aromatic rings. The topological polar surface area (TPSA) is 50.4 Å². The van der Waals surface area contributed by atoms with Crippen LogP contribution < -0.4 is 15.4 Å². The molecule has 0 aromatic heterocycles. The molecule has 1 unspecified atom stereocenters. The first-order valence-corrected chi connectivity index (χ1v) is 6.34. The zero-order valence-corrected chi connectivity index (χ0v) is 11.1. The van der Waals surface area contributed by atoms with E-state index in [0.717, 1.165) is 18.7 Å². The molecule has 4 heteroatoms. The number of benzene rings is 1. The molecule has 100 valence electrons. The van der Waals surface area contributed by atoms with E-state index in [0.29, 0.717) is 13.2 Å². The van der Waals surface area contributed by atoms with Crippen LogP contribution in [0.25, 0.3) is 0 Å². The number of nitrogens with one attached hydrogen (secondary N) is 2. The Hall–Kier alpha value is -1.55. The Bertz CT molecular complexity index is 341. The van der Waals surface area contributed by atoms with E-state index in [2.05, 4.69) is 10.6 Å². The molecular weight excluding hydrogens is 228 g/mol. The largest absolute Gasteiger partial charge is 0.494 e. The molecule has 0 heterocycles. The molecule has 1 amide bonds. The predicted molar refractivity (Wildman–Crippen MR) is 72.7 cm³/mol. The van der Waals surface area contributed by atoms with Gasteiger partial charge in [0.1, 0.15) is 5.75 Å². The van der Waals surface area contributed by atoms with Crippen molar-refractivity contribution in [2.24, 2.45) is 5.92 Å². The minimum atomic E-state index is -0.0226. The Morgan fingerprint density at radius 1 is 1.28 bits per heavy atom. The third-order valence-electron chi connectivity index (χ3n) is 2.68. The summed E-state index contributed by atoms with van der Waals surface area (Å²) in [5.41, 5.74) is 0.